The molecule has 0 aromatic heterocycles. The summed E-state index contributed by atoms with van der Waals surface area (Å²) in [6, 6.07) is 0. The fourth-order valence-corrected chi connectivity index (χ4v) is 2.57. The molecule has 1 saturated heterocycles. The second-order valence-electron chi connectivity index (χ2n) is 4.52. The van der Waals surface area contributed by atoms with E-state index in [0.717, 1.165) is 5.92 Å². The molecule has 0 spiro atoms. The largest absolute Gasteiger partial charge is 0.281 e. The van der Waals surface area contributed by atoms with Gasteiger partial charge in [0, 0.05) is 12.1 Å². The highest BCUT2D eigenvalue weighted by molar-refractivity contribution is 7.13. The minimum absolute atomic E-state index is 0.418. The van der Waals surface area contributed by atoms with Gasteiger partial charge in [-0.2, -0.15) is 0 Å². The van der Waals surface area contributed by atoms with Crippen molar-refractivity contribution in [2.24, 2.45) is 5.92 Å². The van der Waals surface area contributed by atoms with Crippen molar-refractivity contribution in [1.29, 1.82) is 0 Å². The Morgan fingerprint density at radius 2 is 1.92 bits per heavy atom. The Morgan fingerprint density at radius 1 is 1.25 bits per heavy atom. The van der Waals surface area contributed by atoms with E-state index in [4.69, 9.17) is 0 Å². The van der Waals surface area contributed by atoms with Crippen LogP contribution in [0.25, 0.3) is 0 Å². The van der Waals surface area contributed by atoms with Gasteiger partial charge in [-0.15, -0.1) is 0 Å². The minimum Gasteiger partial charge on any atom is -0.281 e. The maximum atomic E-state index is 2.91. The van der Waals surface area contributed by atoms with Gasteiger partial charge in [0.15, 0.2) is 0 Å². The van der Waals surface area contributed by atoms with E-state index in [0.29, 0.717) is 5.54 Å². The molecule has 0 saturated carbocycles. The van der Waals surface area contributed by atoms with Crippen molar-refractivity contribution in [3.8, 4) is 0 Å². The number of hydrogen-bond donors (Lipinski definition) is 0. The van der Waals surface area contributed by atoms with Crippen LogP contribution in [0.3, 0.4) is 0 Å². The molecule has 72 valence electrons. The Bertz CT molecular complexity index is 147. The lowest BCUT2D eigenvalue weighted by Crippen LogP contribution is -2.44. The lowest BCUT2D eigenvalue weighted by molar-refractivity contribution is 0.156. The Morgan fingerprint density at radius 3 is 2.50 bits per heavy atom. The van der Waals surface area contributed by atoms with E-state index in [-0.39, 0.29) is 0 Å². The molecule has 2 unspecified atom stereocenters. The summed E-state index contributed by atoms with van der Waals surface area (Å²) in [6.45, 7) is 8.32. The van der Waals surface area contributed by atoms with Crippen LogP contribution >= 0.6 is 9.39 Å². The third-order valence-electron chi connectivity index (χ3n) is 3.48. The average molecular weight is 187 g/mol. The van der Waals surface area contributed by atoms with Gasteiger partial charge in [0.2, 0.25) is 0 Å². The maximum absolute atomic E-state index is 2.91. The molecule has 0 amide bonds. The molecule has 1 nitrogen and oxygen atoms in total. The fourth-order valence-electron chi connectivity index (χ4n) is 1.96. The van der Waals surface area contributed by atoms with Crippen molar-refractivity contribution >= 4 is 9.39 Å². The van der Waals surface area contributed by atoms with E-state index < -0.39 is 0 Å². The molecule has 1 fully saturated rings. The molecule has 2 heteroatoms. The minimum atomic E-state index is 0.418. The summed E-state index contributed by atoms with van der Waals surface area (Å²) >= 11 is 0. The summed E-state index contributed by atoms with van der Waals surface area (Å²) in [5, 5.41) is 0. The van der Waals surface area contributed by atoms with Gasteiger partial charge in [-0.3, -0.25) is 4.67 Å². The summed E-state index contributed by atoms with van der Waals surface area (Å²) in [7, 11) is 2.91. The van der Waals surface area contributed by atoms with Gasteiger partial charge in [-0.05, 0) is 25.7 Å². The predicted octanol–water partition coefficient (Wildman–Crippen LogP) is 3.07. The van der Waals surface area contributed by atoms with Crippen LogP contribution in [0.1, 0.15) is 46.5 Å². The van der Waals surface area contributed by atoms with Gasteiger partial charge >= 0.3 is 0 Å². The van der Waals surface area contributed by atoms with Crippen molar-refractivity contribution in [2.45, 2.75) is 52.0 Å². The molecule has 0 aliphatic carbocycles. The second-order valence-corrected chi connectivity index (χ2v) is 5.14. The van der Waals surface area contributed by atoms with Crippen LogP contribution < -0.4 is 0 Å². The lowest BCUT2D eigenvalue weighted by Gasteiger charge is -2.41. The Kier molecular flexibility index (Phi) is 3.55. The molecular formula is C10H22NP. The standard InChI is InChI=1S/C10H22NP/c1-9(2)10(3)7-5-4-6-8-11(10)12/h9H,4-8,12H2,1-3H3. The fraction of sp³-hybridized carbons (Fsp3) is 1.00. The van der Waals surface area contributed by atoms with Gasteiger partial charge in [0.1, 0.15) is 0 Å². The number of nitrogens with zero attached hydrogens (tertiary/aromatic N) is 1. The maximum Gasteiger partial charge on any atom is 0.0236 e. The highest BCUT2D eigenvalue weighted by Gasteiger charge is 2.33. The highest BCUT2D eigenvalue weighted by Crippen LogP contribution is 2.35. The van der Waals surface area contributed by atoms with E-state index >= 15 is 0 Å². The third kappa shape index (κ3) is 2.00. The van der Waals surface area contributed by atoms with Crippen LogP contribution in [-0.4, -0.2) is 16.8 Å². The zero-order chi connectivity index (χ0) is 9.19. The first-order valence-corrected chi connectivity index (χ1v) is 5.61. The van der Waals surface area contributed by atoms with Gasteiger partial charge < -0.3 is 0 Å². The van der Waals surface area contributed by atoms with Gasteiger partial charge in [0.05, 0.1) is 0 Å². The molecule has 12 heavy (non-hydrogen) atoms. The normalized spacial score (nSPS) is 33.8. The molecule has 0 bridgehead atoms. The number of hydrogen-bond acceptors (Lipinski definition) is 1. The van der Waals surface area contributed by atoms with E-state index in [1.165, 1.54) is 32.2 Å². The molecule has 1 rings (SSSR count). The first-order chi connectivity index (χ1) is 5.57. The van der Waals surface area contributed by atoms with Crippen molar-refractivity contribution < 1.29 is 0 Å². The quantitative estimate of drug-likeness (QED) is 0.570. The zero-order valence-electron chi connectivity index (χ0n) is 8.64. The van der Waals surface area contributed by atoms with Crippen LogP contribution in [0, 0.1) is 5.92 Å². The van der Waals surface area contributed by atoms with E-state index in [2.05, 4.69) is 34.8 Å². The van der Waals surface area contributed by atoms with Crippen molar-refractivity contribution in [3.05, 3.63) is 0 Å². The van der Waals surface area contributed by atoms with Crippen LogP contribution in [0.5, 0.6) is 0 Å². The molecule has 1 heterocycles. The van der Waals surface area contributed by atoms with Crippen molar-refractivity contribution in [3.63, 3.8) is 0 Å². The number of rotatable bonds is 1. The molecule has 0 radical (unpaired) electrons. The van der Waals surface area contributed by atoms with Crippen LogP contribution in [0.15, 0.2) is 0 Å². The Hall–Kier alpha value is 0.390. The molecule has 1 aliphatic rings. The molecule has 2 atom stereocenters. The second kappa shape index (κ2) is 4.07. The zero-order valence-corrected chi connectivity index (χ0v) is 9.79. The van der Waals surface area contributed by atoms with Gasteiger partial charge in [0.25, 0.3) is 0 Å². The third-order valence-corrected chi connectivity index (χ3v) is 4.33. The topological polar surface area (TPSA) is 3.24 Å². The van der Waals surface area contributed by atoms with Crippen LogP contribution in [-0.2, 0) is 0 Å². The summed E-state index contributed by atoms with van der Waals surface area (Å²) in [5.74, 6) is 0.757. The first-order valence-electron chi connectivity index (χ1n) is 5.09. The Labute approximate surface area is 79.2 Å². The average Bonchev–Trinajstić information content (AvgIpc) is 2.16. The van der Waals surface area contributed by atoms with E-state index in [1.807, 2.05) is 0 Å². The van der Waals surface area contributed by atoms with E-state index in [9.17, 15) is 0 Å². The predicted molar refractivity (Wildman–Crippen MR) is 58.1 cm³/mol. The molecule has 1 aliphatic heterocycles. The summed E-state index contributed by atoms with van der Waals surface area (Å²) in [6.07, 6.45) is 5.53. The first kappa shape index (κ1) is 10.5. The molecule has 0 N–H and O–H groups in total. The smallest absolute Gasteiger partial charge is 0.0236 e. The molecular weight excluding hydrogens is 165 g/mol. The van der Waals surface area contributed by atoms with Crippen molar-refractivity contribution in [2.75, 3.05) is 6.54 Å². The van der Waals surface area contributed by atoms with Gasteiger partial charge in [-0.25, -0.2) is 0 Å². The monoisotopic (exact) mass is 187 g/mol. The van der Waals surface area contributed by atoms with Crippen LogP contribution in [0.2, 0.25) is 0 Å². The van der Waals surface area contributed by atoms with E-state index in [1.54, 1.807) is 0 Å². The lowest BCUT2D eigenvalue weighted by atomic mass is 9.84. The summed E-state index contributed by atoms with van der Waals surface area (Å²) in [5.41, 5.74) is 0.418. The molecule has 0 aromatic carbocycles. The molecule has 0 aromatic rings. The summed E-state index contributed by atoms with van der Waals surface area (Å²) < 4.78 is 2.48. The highest BCUT2D eigenvalue weighted by atomic mass is 31.0. The van der Waals surface area contributed by atoms with Crippen molar-refractivity contribution in [1.82, 2.24) is 4.67 Å². The summed E-state index contributed by atoms with van der Waals surface area (Å²) in [4.78, 5) is 0. The Balaban J connectivity index is 2.69. The SMILES string of the molecule is CC(C)C1(C)CCCCCN1P. The van der Waals surface area contributed by atoms with Crippen LogP contribution in [0.4, 0.5) is 0 Å². The van der Waals surface area contributed by atoms with Gasteiger partial charge in [-0.1, -0.05) is 36.1 Å².